The van der Waals surface area contributed by atoms with Gasteiger partial charge in [-0.2, -0.15) is 5.10 Å². The number of rotatable bonds is 8. The quantitative estimate of drug-likeness (QED) is 0.344. The van der Waals surface area contributed by atoms with Gasteiger partial charge >= 0.3 is 0 Å². The van der Waals surface area contributed by atoms with Crippen LogP contribution in [0.5, 0.6) is 5.75 Å². The molecule has 0 saturated carbocycles. The summed E-state index contributed by atoms with van der Waals surface area (Å²) >= 11 is 0. The van der Waals surface area contributed by atoms with Crippen LogP contribution in [0, 0.1) is 6.92 Å². The zero-order valence-corrected chi connectivity index (χ0v) is 19.5. The van der Waals surface area contributed by atoms with E-state index in [4.69, 9.17) is 9.15 Å². The highest BCUT2D eigenvalue weighted by Gasteiger charge is 2.28. The summed E-state index contributed by atoms with van der Waals surface area (Å²) in [6.45, 7) is 4.64. The maximum absolute atomic E-state index is 13.0. The molecule has 4 rings (SSSR count). The summed E-state index contributed by atoms with van der Waals surface area (Å²) in [7, 11) is 0. The number of fused-ring (bicyclic) bond motifs is 1. The van der Waals surface area contributed by atoms with E-state index in [1.807, 2.05) is 37.3 Å². The first kappa shape index (κ1) is 23.3. The first-order valence-electron chi connectivity index (χ1n) is 11.7. The van der Waals surface area contributed by atoms with Gasteiger partial charge in [0.1, 0.15) is 11.5 Å². The van der Waals surface area contributed by atoms with Crippen LogP contribution < -0.4 is 15.5 Å². The van der Waals surface area contributed by atoms with E-state index >= 15 is 0 Å². The van der Waals surface area contributed by atoms with E-state index in [0.29, 0.717) is 24.3 Å². The number of hydrogen-bond acceptors (Lipinski definition) is 5. The van der Waals surface area contributed by atoms with Crippen molar-refractivity contribution in [2.24, 2.45) is 5.10 Å². The van der Waals surface area contributed by atoms with Crippen LogP contribution in [0.4, 0.5) is 5.69 Å². The smallest absolute Gasteiger partial charge is 0.291 e. The minimum absolute atomic E-state index is 0.261. The molecule has 3 aromatic rings. The van der Waals surface area contributed by atoms with E-state index in [1.54, 1.807) is 24.3 Å². The molecule has 0 aliphatic heterocycles. The van der Waals surface area contributed by atoms with Crippen LogP contribution in [0.15, 0.2) is 64.1 Å². The second-order valence-corrected chi connectivity index (χ2v) is 8.25. The second kappa shape index (κ2) is 10.8. The Morgan fingerprint density at radius 2 is 1.79 bits per heavy atom. The molecule has 1 aromatic heterocycles. The van der Waals surface area contributed by atoms with Gasteiger partial charge in [-0.05, 0) is 62.6 Å². The van der Waals surface area contributed by atoms with E-state index < -0.39 is 0 Å². The van der Waals surface area contributed by atoms with Gasteiger partial charge in [-0.15, -0.1) is 0 Å². The molecule has 1 heterocycles. The average Bonchev–Trinajstić information content (AvgIpc) is 3.21. The molecule has 7 nitrogen and oxygen atoms in total. The molecule has 1 aliphatic rings. The SMILES string of the molecule is CCCCOc1ccc(NC(=O)c2oc3c(c2C)/C(=N/NC(=O)c2ccccc2)CCC3)cc1. The van der Waals surface area contributed by atoms with Crippen LogP contribution in [0.2, 0.25) is 0 Å². The van der Waals surface area contributed by atoms with Gasteiger partial charge in [-0.3, -0.25) is 9.59 Å². The van der Waals surface area contributed by atoms with Crippen molar-refractivity contribution >= 4 is 23.2 Å². The topological polar surface area (TPSA) is 92.9 Å². The zero-order chi connectivity index (χ0) is 23.9. The number of nitrogens with one attached hydrogen (secondary N) is 2. The van der Waals surface area contributed by atoms with E-state index in [9.17, 15) is 9.59 Å². The number of aryl methyl sites for hydroxylation is 1. The zero-order valence-electron chi connectivity index (χ0n) is 19.5. The van der Waals surface area contributed by atoms with Crippen molar-refractivity contribution in [3.63, 3.8) is 0 Å². The molecule has 0 saturated heterocycles. The van der Waals surface area contributed by atoms with E-state index in [-0.39, 0.29) is 17.6 Å². The molecule has 1 aliphatic carbocycles. The number of unbranched alkanes of at least 4 members (excludes halogenated alkanes) is 1. The van der Waals surface area contributed by atoms with Gasteiger partial charge in [-0.25, -0.2) is 5.43 Å². The third kappa shape index (κ3) is 5.36. The van der Waals surface area contributed by atoms with Gasteiger partial charge < -0.3 is 14.5 Å². The maximum atomic E-state index is 13.0. The highest BCUT2D eigenvalue weighted by molar-refractivity contribution is 6.09. The van der Waals surface area contributed by atoms with Gasteiger partial charge in [-0.1, -0.05) is 31.5 Å². The molecule has 0 radical (unpaired) electrons. The fourth-order valence-corrected chi connectivity index (χ4v) is 3.93. The van der Waals surface area contributed by atoms with Crippen LogP contribution in [0.1, 0.15) is 70.4 Å². The van der Waals surface area contributed by atoms with Crippen molar-refractivity contribution in [3.05, 3.63) is 82.8 Å². The number of hydrazone groups is 1. The lowest BCUT2D eigenvalue weighted by atomic mass is 9.93. The molecular formula is C27H29N3O4. The second-order valence-electron chi connectivity index (χ2n) is 8.25. The number of carbonyl (C=O) groups is 2. The number of amides is 2. The Labute approximate surface area is 199 Å². The summed E-state index contributed by atoms with van der Waals surface area (Å²) in [5.41, 5.74) is 6.08. The summed E-state index contributed by atoms with van der Waals surface area (Å²) in [6.07, 6.45) is 4.33. The fourth-order valence-electron chi connectivity index (χ4n) is 3.93. The summed E-state index contributed by atoms with van der Waals surface area (Å²) in [5, 5.41) is 7.26. The maximum Gasteiger partial charge on any atom is 0.291 e. The molecule has 0 spiro atoms. The van der Waals surface area contributed by atoms with Crippen LogP contribution in [0.25, 0.3) is 0 Å². The van der Waals surface area contributed by atoms with Crippen molar-refractivity contribution < 1.29 is 18.7 Å². The molecule has 7 heteroatoms. The van der Waals surface area contributed by atoms with Gasteiger partial charge in [0.05, 0.1) is 12.3 Å². The predicted molar refractivity (Wildman–Crippen MR) is 132 cm³/mol. The van der Waals surface area contributed by atoms with Crippen LogP contribution in [-0.4, -0.2) is 24.1 Å². The minimum atomic E-state index is -0.320. The van der Waals surface area contributed by atoms with Crippen molar-refractivity contribution in [2.45, 2.75) is 46.0 Å². The standard InChI is InChI=1S/C27H29N3O4/c1-3-4-17-33-21-15-13-20(14-16-21)28-27(32)25-18(2)24-22(11-8-12-23(24)34-25)29-30-26(31)19-9-6-5-7-10-19/h5-7,9-10,13-16H,3-4,8,11-12,17H2,1-2H3,(H,28,32)(H,30,31)/b29-22+. The molecule has 0 unspecified atom stereocenters. The van der Waals surface area contributed by atoms with Gasteiger partial charge in [0.15, 0.2) is 5.76 Å². The molecule has 0 bridgehead atoms. The number of benzene rings is 2. The Morgan fingerprint density at radius 3 is 2.53 bits per heavy atom. The van der Waals surface area contributed by atoms with Crippen molar-refractivity contribution in [2.75, 3.05) is 11.9 Å². The van der Waals surface area contributed by atoms with E-state index in [0.717, 1.165) is 54.0 Å². The molecule has 0 atom stereocenters. The Balaban J connectivity index is 1.47. The average molecular weight is 460 g/mol. The van der Waals surface area contributed by atoms with Gasteiger partial charge in [0.2, 0.25) is 0 Å². The molecule has 0 fully saturated rings. The van der Waals surface area contributed by atoms with Gasteiger partial charge in [0, 0.05) is 28.8 Å². The predicted octanol–water partition coefficient (Wildman–Crippen LogP) is 5.49. The van der Waals surface area contributed by atoms with Crippen LogP contribution in [-0.2, 0) is 6.42 Å². The molecule has 34 heavy (non-hydrogen) atoms. The lowest BCUT2D eigenvalue weighted by molar-refractivity contribution is 0.0953. The third-order valence-electron chi connectivity index (χ3n) is 5.74. The summed E-state index contributed by atoms with van der Waals surface area (Å²) in [6, 6.07) is 16.2. The van der Waals surface area contributed by atoms with Crippen molar-refractivity contribution in [3.8, 4) is 5.75 Å². The lowest BCUT2D eigenvalue weighted by Gasteiger charge is -2.13. The molecule has 2 amide bonds. The fraction of sp³-hybridized carbons (Fsp3) is 0.296. The van der Waals surface area contributed by atoms with Gasteiger partial charge in [0.25, 0.3) is 11.8 Å². The monoisotopic (exact) mass is 459 g/mol. The summed E-state index contributed by atoms with van der Waals surface area (Å²) in [4.78, 5) is 25.3. The Kier molecular flexibility index (Phi) is 7.42. The van der Waals surface area contributed by atoms with Crippen molar-refractivity contribution in [1.82, 2.24) is 5.43 Å². The first-order chi connectivity index (χ1) is 16.6. The van der Waals surface area contributed by atoms with Crippen LogP contribution >= 0.6 is 0 Å². The molecule has 2 N–H and O–H groups in total. The Hall–Kier alpha value is -3.87. The molecule has 2 aromatic carbocycles. The number of nitrogens with zero attached hydrogens (tertiary/aromatic N) is 1. The summed E-state index contributed by atoms with van der Waals surface area (Å²) < 4.78 is 11.6. The normalized spacial score (nSPS) is 13.9. The highest BCUT2D eigenvalue weighted by atomic mass is 16.5. The number of furan rings is 1. The van der Waals surface area contributed by atoms with E-state index in [1.165, 1.54) is 0 Å². The minimum Gasteiger partial charge on any atom is -0.494 e. The Bertz CT molecular complexity index is 1180. The van der Waals surface area contributed by atoms with Crippen molar-refractivity contribution in [1.29, 1.82) is 0 Å². The number of ether oxygens (including phenoxy) is 1. The van der Waals surface area contributed by atoms with Crippen LogP contribution in [0.3, 0.4) is 0 Å². The first-order valence-corrected chi connectivity index (χ1v) is 11.7. The number of anilines is 1. The largest absolute Gasteiger partial charge is 0.494 e. The third-order valence-corrected chi connectivity index (χ3v) is 5.74. The molecule has 176 valence electrons. The highest BCUT2D eigenvalue weighted by Crippen LogP contribution is 2.30. The van der Waals surface area contributed by atoms with E-state index in [2.05, 4.69) is 22.8 Å². The lowest BCUT2D eigenvalue weighted by Crippen LogP contribution is -2.22. The molecular weight excluding hydrogens is 430 g/mol. The Morgan fingerprint density at radius 1 is 1.03 bits per heavy atom. The number of hydrogen-bond donors (Lipinski definition) is 2. The summed E-state index contributed by atoms with van der Waals surface area (Å²) in [5.74, 6) is 1.16. The number of carbonyl (C=O) groups excluding carboxylic acids is 2.